The van der Waals surface area contributed by atoms with Gasteiger partial charge in [0.1, 0.15) is 12.2 Å². The highest BCUT2D eigenvalue weighted by Gasteiger charge is 2.08. The van der Waals surface area contributed by atoms with Gasteiger partial charge in [-0.2, -0.15) is 5.10 Å². The quantitative estimate of drug-likeness (QED) is 0.748. The van der Waals surface area contributed by atoms with Crippen molar-refractivity contribution in [1.82, 2.24) is 25.5 Å². The molecule has 5 heteroatoms. The van der Waals surface area contributed by atoms with Crippen LogP contribution in [0.4, 0.5) is 0 Å². The van der Waals surface area contributed by atoms with Gasteiger partial charge in [0.05, 0.1) is 6.04 Å². The van der Waals surface area contributed by atoms with Crippen molar-refractivity contribution in [2.24, 2.45) is 0 Å². The molecule has 2 heterocycles. The zero-order valence-electron chi connectivity index (χ0n) is 10.7. The normalized spacial score (nSPS) is 12.7. The summed E-state index contributed by atoms with van der Waals surface area (Å²) in [5.74, 6) is 0.841. The SMILES string of the molecule is CC(NCc1cncc2ccccc12)c1ncn[nH]1. The zero-order chi connectivity index (χ0) is 13.1. The first-order valence-corrected chi connectivity index (χ1v) is 6.25. The highest BCUT2D eigenvalue weighted by atomic mass is 15.2. The molecule has 2 N–H and O–H groups in total. The molecule has 1 unspecified atom stereocenters. The molecule has 0 spiro atoms. The highest BCUT2D eigenvalue weighted by Crippen LogP contribution is 2.17. The summed E-state index contributed by atoms with van der Waals surface area (Å²) in [6.07, 6.45) is 5.31. The second-order valence-electron chi connectivity index (χ2n) is 4.49. The Morgan fingerprint density at radius 3 is 3.00 bits per heavy atom. The number of hydrogen-bond acceptors (Lipinski definition) is 4. The molecule has 19 heavy (non-hydrogen) atoms. The Balaban J connectivity index is 1.79. The van der Waals surface area contributed by atoms with E-state index in [0.717, 1.165) is 17.8 Å². The molecule has 0 aliphatic carbocycles. The second kappa shape index (κ2) is 5.16. The smallest absolute Gasteiger partial charge is 0.141 e. The van der Waals surface area contributed by atoms with E-state index >= 15 is 0 Å². The number of nitrogens with one attached hydrogen (secondary N) is 2. The van der Waals surface area contributed by atoms with Gasteiger partial charge in [0, 0.05) is 24.3 Å². The van der Waals surface area contributed by atoms with Gasteiger partial charge in [-0.3, -0.25) is 10.1 Å². The van der Waals surface area contributed by atoms with E-state index in [-0.39, 0.29) is 6.04 Å². The van der Waals surface area contributed by atoms with Gasteiger partial charge in [0.25, 0.3) is 0 Å². The minimum atomic E-state index is 0.126. The number of hydrogen-bond donors (Lipinski definition) is 2. The maximum Gasteiger partial charge on any atom is 0.141 e. The summed E-state index contributed by atoms with van der Waals surface area (Å²) < 4.78 is 0. The van der Waals surface area contributed by atoms with Crippen LogP contribution in [0, 0.1) is 0 Å². The minimum Gasteiger partial charge on any atom is -0.303 e. The molecule has 0 saturated heterocycles. The Bertz CT molecular complexity index is 657. The first-order chi connectivity index (χ1) is 9.34. The van der Waals surface area contributed by atoms with Crippen LogP contribution in [0.3, 0.4) is 0 Å². The summed E-state index contributed by atoms with van der Waals surface area (Å²) in [4.78, 5) is 8.42. The summed E-state index contributed by atoms with van der Waals surface area (Å²) in [7, 11) is 0. The molecule has 3 rings (SSSR count). The summed E-state index contributed by atoms with van der Waals surface area (Å²) in [6, 6.07) is 8.39. The van der Waals surface area contributed by atoms with E-state index in [0.29, 0.717) is 0 Å². The molecular weight excluding hydrogens is 238 g/mol. The third-order valence-electron chi connectivity index (χ3n) is 3.19. The number of rotatable bonds is 4. The molecule has 0 fully saturated rings. The number of aromatic amines is 1. The first-order valence-electron chi connectivity index (χ1n) is 6.25. The van der Waals surface area contributed by atoms with E-state index in [2.05, 4.69) is 44.5 Å². The van der Waals surface area contributed by atoms with Gasteiger partial charge < -0.3 is 5.32 Å². The van der Waals surface area contributed by atoms with Crippen molar-refractivity contribution < 1.29 is 0 Å². The molecule has 3 aromatic rings. The lowest BCUT2D eigenvalue weighted by atomic mass is 10.1. The summed E-state index contributed by atoms with van der Waals surface area (Å²) in [6.45, 7) is 2.80. The Labute approximate surface area is 111 Å². The van der Waals surface area contributed by atoms with Crippen LogP contribution < -0.4 is 5.32 Å². The van der Waals surface area contributed by atoms with Crippen molar-refractivity contribution in [1.29, 1.82) is 0 Å². The fraction of sp³-hybridized carbons (Fsp3) is 0.214. The van der Waals surface area contributed by atoms with E-state index in [4.69, 9.17) is 0 Å². The van der Waals surface area contributed by atoms with Gasteiger partial charge in [-0.15, -0.1) is 0 Å². The average molecular weight is 253 g/mol. The van der Waals surface area contributed by atoms with Crippen LogP contribution in [-0.2, 0) is 6.54 Å². The predicted octanol–water partition coefficient (Wildman–Crippen LogP) is 2.20. The van der Waals surface area contributed by atoms with Gasteiger partial charge in [-0.25, -0.2) is 4.98 Å². The number of fused-ring (bicyclic) bond motifs is 1. The monoisotopic (exact) mass is 253 g/mol. The largest absolute Gasteiger partial charge is 0.303 e. The van der Waals surface area contributed by atoms with Crippen LogP contribution in [0.5, 0.6) is 0 Å². The topological polar surface area (TPSA) is 66.5 Å². The van der Waals surface area contributed by atoms with Crippen LogP contribution >= 0.6 is 0 Å². The van der Waals surface area contributed by atoms with E-state index in [1.165, 1.54) is 17.3 Å². The molecule has 0 radical (unpaired) electrons. The number of H-pyrrole nitrogens is 1. The van der Waals surface area contributed by atoms with Gasteiger partial charge >= 0.3 is 0 Å². The Hall–Kier alpha value is -2.27. The number of nitrogens with zero attached hydrogens (tertiary/aromatic N) is 3. The number of aromatic nitrogens is 4. The number of benzene rings is 1. The van der Waals surface area contributed by atoms with Gasteiger partial charge in [-0.05, 0) is 17.9 Å². The van der Waals surface area contributed by atoms with E-state index < -0.39 is 0 Å². The zero-order valence-corrected chi connectivity index (χ0v) is 10.7. The van der Waals surface area contributed by atoms with Crippen LogP contribution in [0.15, 0.2) is 43.0 Å². The third-order valence-corrected chi connectivity index (χ3v) is 3.19. The molecule has 0 saturated carbocycles. The highest BCUT2D eigenvalue weighted by molar-refractivity contribution is 5.84. The van der Waals surface area contributed by atoms with E-state index in [1.807, 2.05) is 24.5 Å². The number of pyridine rings is 1. The minimum absolute atomic E-state index is 0.126. The summed E-state index contributed by atoms with van der Waals surface area (Å²) in [5.41, 5.74) is 1.18. The molecular formula is C14H15N5. The fourth-order valence-electron chi connectivity index (χ4n) is 2.10. The van der Waals surface area contributed by atoms with Gasteiger partial charge in [-0.1, -0.05) is 24.3 Å². The second-order valence-corrected chi connectivity index (χ2v) is 4.49. The Morgan fingerprint density at radius 2 is 2.16 bits per heavy atom. The third kappa shape index (κ3) is 2.46. The molecule has 1 aromatic carbocycles. The van der Waals surface area contributed by atoms with Crippen molar-refractivity contribution in [2.45, 2.75) is 19.5 Å². The van der Waals surface area contributed by atoms with Crippen molar-refractivity contribution in [3.8, 4) is 0 Å². The molecule has 2 aromatic heterocycles. The van der Waals surface area contributed by atoms with Gasteiger partial charge in [0.2, 0.25) is 0 Å². The summed E-state index contributed by atoms with van der Waals surface area (Å²) >= 11 is 0. The van der Waals surface area contributed by atoms with Crippen LogP contribution in [-0.4, -0.2) is 20.2 Å². The predicted molar refractivity (Wildman–Crippen MR) is 73.4 cm³/mol. The lowest BCUT2D eigenvalue weighted by molar-refractivity contribution is 0.549. The standard InChI is InChI=1S/C14H15N5/c1-10(14-17-9-18-19-14)16-8-12-7-15-6-11-4-2-3-5-13(11)12/h2-7,9-10,16H,8H2,1H3,(H,17,18,19). The van der Waals surface area contributed by atoms with E-state index in [1.54, 1.807) is 0 Å². The summed E-state index contributed by atoms with van der Waals surface area (Å²) in [5, 5.41) is 12.5. The lowest BCUT2D eigenvalue weighted by Crippen LogP contribution is -2.19. The Morgan fingerprint density at radius 1 is 1.26 bits per heavy atom. The molecule has 0 aliphatic heterocycles. The fourth-order valence-corrected chi connectivity index (χ4v) is 2.10. The van der Waals surface area contributed by atoms with Crippen LogP contribution in [0.2, 0.25) is 0 Å². The van der Waals surface area contributed by atoms with Crippen molar-refractivity contribution in [3.63, 3.8) is 0 Å². The van der Waals surface area contributed by atoms with Crippen molar-refractivity contribution >= 4 is 10.8 Å². The molecule has 1 atom stereocenters. The average Bonchev–Trinajstić information content (AvgIpc) is 2.99. The van der Waals surface area contributed by atoms with Crippen LogP contribution in [0.25, 0.3) is 10.8 Å². The van der Waals surface area contributed by atoms with E-state index in [9.17, 15) is 0 Å². The molecule has 5 nitrogen and oxygen atoms in total. The lowest BCUT2D eigenvalue weighted by Gasteiger charge is -2.12. The molecule has 0 aliphatic rings. The first kappa shape index (κ1) is 11.8. The maximum atomic E-state index is 4.28. The molecule has 0 bridgehead atoms. The van der Waals surface area contributed by atoms with Crippen molar-refractivity contribution in [3.05, 3.63) is 54.4 Å². The van der Waals surface area contributed by atoms with Gasteiger partial charge in [0.15, 0.2) is 0 Å². The molecule has 96 valence electrons. The maximum absolute atomic E-state index is 4.28. The molecule has 0 amide bonds. The Kier molecular flexibility index (Phi) is 3.20. The van der Waals surface area contributed by atoms with Crippen molar-refractivity contribution in [2.75, 3.05) is 0 Å². The van der Waals surface area contributed by atoms with Crippen LogP contribution in [0.1, 0.15) is 24.4 Å².